The predicted molar refractivity (Wildman–Crippen MR) is 93.9 cm³/mol. The first kappa shape index (κ1) is 15.9. The lowest BCUT2D eigenvalue weighted by molar-refractivity contribution is 0.0700. The predicted octanol–water partition coefficient (Wildman–Crippen LogP) is 2.45. The zero-order chi connectivity index (χ0) is 17.2. The number of likely N-dealkylation sites (tertiary alicyclic amines) is 1. The molecule has 0 N–H and O–H groups in total. The summed E-state index contributed by atoms with van der Waals surface area (Å²) in [6.45, 7) is 3.35. The number of hydrogen-bond donors (Lipinski definition) is 0. The Hall–Kier alpha value is -2.61. The Morgan fingerprint density at radius 3 is 2.84 bits per heavy atom. The van der Waals surface area contributed by atoms with Crippen molar-refractivity contribution in [3.63, 3.8) is 0 Å². The van der Waals surface area contributed by atoms with Crippen molar-refractivity contribution in [1.29, 1.82) is 0 Å². The Kier molecular flexibility index (Phi) is 4.27. The van der Waals surface area contributed by atoms with Gasteiger partial charge >= 0.3 is 0 Å². The molecule has 1 aromatic carbocycles. The second-order valence-corrected chi connectivity index (χ2v) is 7.32. The van der Waals surface area contributed by atoms with Crippen LogP contribution in [0.15, 0.2) is 36.5 Å². The zero-order valence-corrected chi connectivity index (χ0v) is 14.7. The summed E-state index contributed by atoms with van der Waals surface area (Å²) in [5.74, 6) is 0.182. The van der Waals surface area contributed by atoms with E-state index in [1.54, 1.807) is 11.3 Å². The minimum absolute atomic E-state index is 0.0758. The standard InChI is InChI=1S/C17H18N6OS/c1-12-19-20-16(25-12)13-6-5-9-22(11-13)17(24)15-10-18-23(21-15)14-7-3-2-4-8-14/h2-4,7-8,10,13H,5-6,9,11H2,1H3/t13-/m0/s1. The van der Waals surface area contributed by atoms with Gasteiger partial charge in [-0.25, -0.2) is 0 Å². The highest BCUT2D eigenvalue weighted by molar-refractivity contribution is 7.11. The van der Waals surface area contributed by atoms with Crippen molar-refractivity contribution in [2.75, 3.05) is 13.1 Å². The highest BCUT2D eigenvalue weighted by Crippen LogP contribution is 2.29. The van der Waals surface area contributed by atoms with E-state index < -0.39 is 0 Å². The van der Waals surface area contributed by atoms with Gasteiger partial charge in [-0.05, 0) is 31.9 Å². The number of piperidine rings is 1. The van der Waals surface area contributed by atoms with Crippen molar-refractivity contribution in [3.05, 3.63) is 52.2 Å². The van der Waals surface area contributed by atoms with E-state index in [0.29, 0.717) is 12.2 Å². The molecule has 1 fully saturated rings. The molecule has 0 aliphatic carbocycles. The van der Waals surface area contributed by atoms with Gasteiger partial charge in [-0.3, -0.25) is 4.79 Å². The molecule has 1 aliphatic rings. The zero-order valence-electron chi connectivity index (χ0n) is 13.9. The van der Waals surface area contributed by atoms with E-state index in [2.05, 4.69) is 20.4 Å². The van der Waals surface area contributed by atoms with Gasteiger partial charge in [0.15, 0.2) is 5.69 Å². The number of carbonyl (C=O) groups excluding carboxylic acids is 1. The molecule has 1 amide bonds. The molecular formula is C17H18N6OS. The lowest BCUT2D eigenvalue weighted by atomic mass is 9.98. The fourth-order valence-electron chi connectivity index (χ4n) is 3.05. The van der Waals surface area contributed by atoms with E-state index in [-0.39, 0.29) is 11.8 Å². The van der Waals surface area contributed by atoms with Gasteiger partial charge in [0.05, 0.1) is 11.9 Å². The summed E-state index contributed by atoms with van der Waals surface area (Å²) in [6.07, 6.45) is 3.53. The summed E-state index contributed by atoms with van der Waals surface area (Å²) in [4.78, 5) is 16.1. The van der Waals surface area contributed by atoms with Crippen LogP contribution in [0.2, 0.25) is 0 Å². The Bertz CT molecular complexity index is 874. The van der Waals surface area contributed by atoms with Crippen LogP contribution in [0.1, 0.15) is 39.3 Å². The molecule has 1 aliphatic heterocycles. The van der Waals surface area contributed by atoms with Crippen molar-refractivity contribution in [1.82, 2.24) is 30.1 Å². The second-order valence-electron chi connectivity index (χ2n) is 6.10. The number of amides is 1. The summed E-state index contributed by atoms with van der Waals surface area (Å²) in [5, 5.41) is 18.9. The van der Waals surface area contributed by atoms with Crippen LogP contribution in [0.4, 0.5) is 0 Å². The number of carbonyl (C=O) groups is 1. The minimum atomic E-state index is -0.0758. The van der Waals surface area contributed by atoms with Gasteiger partial charge < -0.3 is 4.90 Å². The third-order valence-electron chi connectivity index (χ3n) is 4.30. The summed E-state index contributed by atoms with van der Waals surface area (Å²) in [6, 6.07) is 9.58. The summed E-state index contributed by atoms with van der Waals surface area (Å²) < 4.78 is 0. The number of rotatable bonds is 3. The average molecular weight is 354 g/mol. The molecule has 3 aromatic rings. The van der Waals surface area contributed by atoms with Crippen molar-refractivity contribution >= 4 is 17.2 Å². The minimum Gasteiger partial charge on any atom is -0.336 e. The van der Waals surface area contributed by atoms with E-state index in [1.165, 1.54) is 11.0 Å². The highest BCUT2D eigenvalue weighted by atomic mass is 32.1. The maximum Gasteiger partial charge on any atom is 0.276 e. The number of aryl methyl sites for hydroxylation is 1. The van der Waals surface area contributed by atoms with Gasteiger partial charge in [0.1, 0.15) is 10.0 Å². The smallest absolute Gasteiger partial charge is 0.276 e. The van der Waals surface area contributed by atoms with Crippen LogP contribution in [-0.2, 0) is 0 Å². The largest absolute Gasteiger partial charge is 0.336 e. The molecule has 2 aromatic heterocycles. The Balaban J connectivity index is 1.50. The molecule has 1 saturated heterocycles. The lowest BCUT2D eigenvalue weighted by Crippen LogP contribution is -2.39. The molecule has 128 valence electrons. The third-order valence-corrected chi connectivity index (χ3v) is 5.30. The van der Waals surface area contributed by atoms with Crippen molar-refractivity contribution in [2.24, 2.45) is 0 Å². The van der Waals surface area contributed by atoms with Crippen molar-refractivity contribution in [3.8, 4) is 5.69 Å². The van der Waals surface area contributed by atoms with E-state index in [4.69, 9.17) is 0 Å². The van der Waals surface area contributed by atoms with E-state index in [1.807, 2.05) is 42.2 Å². The number of benzene rings is 1. The molecule has 8 heteroatoms. The first-order chi connectivity index (χ1) is 12.2. The molecule has 4 rings (SSSR count). The van der Waals surface area contributed by atoms with Gasteiger partial charge in [0.2, 0.25) is 0 Å². The van der Waals surface area contributed by atoms with Gasteiger partial charge in [-0.1, -0.05) is 18.2 Å². The number of para-hydroxylation sites is 1. The fourth-order valence-corrected chi connectivity index (χ4v) is 3.87. The summed E-state index contributed by atoms with van der Waals surface area (Å²) >= 11 is 1.61. The van der Waals surface area contributed by atoms with Crippen LogP contribution in [-0.4, -0.2) is 49.1 Å². The van der Waals surface area contributed by atoms with Crippen LogP contribution in [0.25, 0.3) is 5.69 Å². The first-order valence-electron chi connectivity index (χ1n) is 8.28. The highest BCUT2D eigenvalue weighted by Gasteiger charge is 2.28. The average Bonchev–Trinajstić information content (AvgIpc) is 3.31. The lowest BCUT2D eigenvalue weighted by Gasteiger charge is -2.31. The van der Waals surface area contributed by atoms with Crippen LogP contribution >= 0.6 is 11.3 Å². The summed E-state index contributed by atoms with van der Waals surface area (Å²) in [5.41, 5.74) is 1.21. The fraction of sp³-hybridized carbons (Fsp3) is 0.353. The van der Waals surface area contributed by atoms with Gasteiger partial charge in [-0.2, -0.15) is 9.90 Å². The normalized spacial score (nSPS) is 17.6. The van der Waals surface area contributed by atoms with E-state index in [0.717, 1.165) is 35.1 Å². The molecule has 1 atom stereocenters. The van der Waals surface area contributed by atoms with Crippen molar-refractivity contribution < 1.29 is 4.79 Å². The molecule has 0 spiro atoms. The number of aromatic nitrogens is 5. The molecule has 25 heavy (non-hydrogen) atoms. The van der Waals surface area contributed by atoms with E-state index in [9.17, 15) is 4.79 Å². The van der Waals surface area contributed by atoms with Crippen LogP contribution in [0.5, 0.6) is 0 Å². The molecular weight excluding hydrogens is 336 g/mol. The molecule has 0 radical (unpaired) electrons. The monoisotopic (exact) mass is 354 g/mol. The Labute approximate surface area is 149 Å². The Morgan fingerprint density at radius 2 is 2.08 bits per heavy atom. The SMILES string of the molecule is Cc1nnc([C@H]2CCCN(C(=O)c3cnn(-c4ccccc4)n3)C2)s1. The van der Waals surface area contributed by atoms with Crippen LogP contribution < -0.4 is 0 Å². The van der Waals surface area contributed by atoms with Gasteiger partial charge in [0, 0.05) is 19.0 Å². The topological polar surface area (TPSA) is 76.8 Å². The number of nitrogens with zero attached hydrogens (tertiary/aromatic N) is 6. The first-order valence-corrected chi connectivity index (χ1v) is 9.09. The second kappa shape index (κ2) is 6.72. The van der Waals surface area contributed by atoms with Crippen LogP contribution in [0.3, 0.4) is 0 Å². The summed E-state index contributed by atoms with van der Waals surface area (Å²) in [7, 11) is 0. The molecule has 0 saturated carbocycles. The number of hydrogen-bond acceptors (Lipinski definition) is 6. The van der Waals surface area contributed by atoms with Gasteiger partial charge in [-0.15, -0.1) is 26.6 Å². The third kappa shape index (κ3) is 3.30. The maximum atomic E-state index is 12.8. The quantitative estimate of drug-likeness (QED) is 0.722. The molecule has 0 unspecified atom stereocenters. The molecule has 3 heterocycles. The van der Waals surface area contributed by atoms with Gasteiger partial charge in [0.25, 0.3) is 5.91 Å². The van der Waals surface area contributed by atoms with Crippen molar-refractivity contribution in [2.45, 2.75) is 25.7 Å². The maximum absolute atomic E-state index is 12.8. The molecule has 7 nitrogen and oxygen atoms in total. The van der Waals surface area contributed by atoms with Crippen LogP contribution in [0, 0.1) is 6.92 Å². The Morgan fingerprint density at radius 1 is 1.24 bits per heavy atom. The molecule has 0 bridgehead atoms. The van der Waals surface area contributed by atoms with E-state index >= 15 is 0 Å².